The number of aromatic nitrogens is 1. The molecule has 2 aromatic rings. The van der Waals surface area contributed by atoms with E-state index in [9.17, 15) is 0 Å². The van der Waals surface area contributed by atoms with Crippen LogP contribution in [0.5, 0.6) is 11.6 Å². The summed E-state index contributed by atoms with van der Waals surface area (Å²) in [5, 5.41) is 0.587. The van der Waals surface area contributed by atoms with Crippen LogP contribution in [0.2, 0.25) is 5.02 Å². The minimum atomic E-state index is 0.176. The molecule has 3 nitrogen and oxygen atoms in total. The first-order chi connectivity index (χ1) is 9.58. The van der Waals surface area contributed by atoms with Gasteiger partial charge in [-0.15, -0.1) is 0 Å². The van der Waals surface area contributed by atoms with Crippen LogP contribution in [0.1, 0.15) is 24.5 Å². The quantitative estimate of drug-likeness (QED) is 0.901. The van der Waals surface area contributed by atoms with Crippen molar-refractivity contribution in [3.63, 3.8) is 0 Å². The van der Waals surface area contributed by atoms with Gasteiger partial charge >= 0.3 is 0 Å². The van der Waals surface area contributed by atoms with E-state index in [0.29, 0.717) is 16.7 Å². The Kier molecular flexibility index (Phi) is 4.99. The van der Waals surface area contributed by atoms with Crippen molar-refractivity contribution >= 4 is 11.6 Å². The van der Waals surface area contributed by atoms with Crippen LogP contribution in [0.25, 0.3) is 0 Å². The molecule has 1 unspecified atom stereocenters. The molecule has 20 heavy (non-hydrogen) atoms. The molecule has 1 atom stereocenters. The molecule has 0 amide bonds. The van der Waals surface area contributed by atoms with Crippen LogP contribution in [0.4, 0.5) is 0 Å². The highest BCUT2D eigenvalue weighted by Crippen LogP contribution is 2.29. The molecule has 106 valence electrons. The first kappa shape index (κ1) is 14.8. The predicted molar refractivity (Wildman–Crippen MR) is 82.5 cm³/mol. The number of rotatable bonds is 5. The van der Waals surface area contributed by atoms with Gasteiger partial charge in [0.05, 0.1) is 5.02 Å². The van der Waals surface area contributed by atoms with E-state index in [1.54, 1.807) is 6.20 Å². The molecule has 0 bridgehead atoms. The second-order valence-electron chi connectivity index (χ2n) is 4.91. The summed E-state index contributed by atoms with van der Waals surface area (Å²) < 4.78 is 5.68. The van der Waals surface area contributed by atoms with Gasteiger partial charge in [-0.3, -0.25) is 0 Å². The standard InChI is InChI=1S/C16H19ClN2O/c1-3-13(18)9-12-5-7-16(19-10-12)20-15-6-4-11(2)8-14(15)17/h4-8,10,13H,3,9,18H2,1-2H3. The number of hydrogen-bond donors (Lipinski definition) is 1. The topological polar surface area (TPSA) is 48.1 Å². The molecule has 0 saturated carbocycles. The zero-order valence-electron chi connectivity index (χ0n) is 11.8. The third-order valence-corrected chi connectivity index (χ3v) is 3.42. The third-order valence-electron chi connectivity index (χ3n) is 3.12. The fourth-order valence-electron chi connectivity index (χ4n) is 1.84. The van der Waals surface area contributed by atoms with Gasteiger partial charge in [-0.05, 0) is 43.0 Å². The smallest absolute Gasteiger partial charge is 0.219 e. The Morgan fingerprint density at radius 2 is 2.10 bits per heavy atom. The van der Waals surface area contributed by atoms with Gasteiger partial charge in [0, 0.05) is 18.3 Å². The van der Waals surface area contributed by atoms with Crippen LogP contribution >= 0.6 is 11.6 Å². The zero-order chi connectivity index (χ0) is 14.5. The number of aryl methyl sites for hydroxylation is 1. The van der Waals surface area contributed by atoms with Crippen molar-refractivity contribution in [3.8, 4) is 11.6 Å². The maximum Gasteiger partial charge on any atom is 0.219 e. The normalized spacial score (nSPS) is 12.2. The largest absolute Gasteiger partial charge is 0.437 e. The van der Waals surface area contributed by atoms with Crippen LogP contribution in [0.15, 0.2) is 36.5 Å². The molecule has 0 saturated heterocycles. The Morgan fingerprint density at radius 3 is 2.70 bits per heavy atom. The van der Waals surface area contributed by atoms with Gasteiger partial charge in [-0.1, -0.05) is 30.7 Å². The van der Waals surface area contributed by atoms with Crippen LogP contribution in [-0.4, -0.2) is 11.0 Å². The SMILES string of the molecule is CCC(N)Cc1ccc(Oc2ccc(C)cc2Cl)nc1. The van der Waals surface area contributed by atoms with E-state index in [4.69, 9.17) is 22.1 Å². The van der Waals surface area contributed by atoms with Gasteiger partial charge < -0.3 is 10.5 Å². The predicted octanol–water partition coefficient (Wildman–Crippen LogP) is 4.12. The summed E-state index contributed by atoms with van der Waals surface area (Å²) in [6, 6.07) is 9.67. The molecule has 4 heteroatoms. The lowest BCUT2D eigenvalue weighted by atomic mass is 10.1. The van der Waals surface area contributed by atoms with E-state index in [1.807, 2.05) is 37.3 Å². The fourth-order valence-corrected chi connectivity index (χ4v) is 2.11. The van der Waals surface area contributed by atoms with Crippen molar-refractivity contribution in [1.29, 1.82) is 0 Å². The van der Waals surface area contributed by atoms with Crippen molar-refractivity contribution < 1.29 is 4.74 Å². The molecule has 2 N–H and O–H groups in total. The summed E-state index contributed by atoms with van der Waals surface area (Å²) in [4.78, 5) is 4.29. The van der Waals surface area contributed by atoms with Crippen molar-refractivity contribution in [1.82, 2.24) is 4.98 Å². The summed E-state index contributed by atoms with van der Waals surface area (Å²) in [6.07, 6.45) is 3.58. The second-order valence-corrected chi connectivity index (χ2v) is 5.32. The van der Waals surface area contributed by atoms with E-state index in [0.717, 1.165) is 24.0 Å². The minimum absolute atomic E-state index is 0.176. The van der Waals surface area contributed by atoms with E-state index in [2.05, 4.69) is 11.9 Å². The van der Waals surface area contributed by atoms with E-state index in [-0.39, 0.29) is 6.04 Å². The Balaban J connectivity index is 2.07. The Labute approximate surface area is 124 Å². The number of ether oxygens (including phenoxy) is 1. The molecule has 0 aliphatic heterocycles. The van der Waals surface area contributed by atoms with Crippen LogP contribution in [0.3, 0.4) is 0 Å². The molecule has 1 aromatic carbocycles. The van der Waals surface area contributed by atoms with E-state index >= 15 is 0 Å². The van der Waals surface area contributed by atoms with Gasteiger partial charge in [-0.2, -0.15) is 0 Å². The van der Waals surface area contributed by atoms with Crippen molar-refractivity contribution in [2.75, 3.05) is 0 Å². The Bertz CT molecular complexity index is 569. The zero-order valence-corrected chi connectivity index (χ0v) is 12.5. The first-order valence-corrected chi connectivity index (χ1v) is 7.10. The maximum atomic E-state index is 6.13. The number of halogens is 1. The number of pyridine rings is 1. The molecule has 0 radical (unpaired) electrons. The number of hydrogen-bond acceptors (Lipinski definition) is 3. The number of benzene rings is 1. The molecule has 1 heterocycles. The average Bonchev–Trinajstić information content (AvgIpc) is 2.44. The third kappa shape index (κ3) is 3.95. The number of nitrogens with zero attached hydrogens (tertiary/aromatic N) is 1. The Hall–Kier alpha value is -1.58. The highest BCUT2D eigenvalue weighted by atomic mass is 35.5. The molecular formula is C16H19ClN2O. The summed E-state index contributed by atoms with van der Waals surface area (Å²) in [5.74, 6) is 1.15. The van der Waals surface area contributed by atoms with Crippen molar-refractivity contribution in [2.24, 2.45) is 5.73 Å². The van der Waals surface area contributed by atoms with Crippen molar-refractivity contribution in [2.45, 2.75) is 32.7 Å². The number of nitrogens with two attached hydrogens (primary N) is 1. The Morgan fingerprint density at radius 1 is 1.30 bits per heavy atom. The van der Waals surface area contributed by atoms with Crippen molar-refractivity contribution in [3.05, 3.63) is 52.7 Å². The van der Waals surface area contributed by atoms with E-state index < -0.39 is 0 Å². The summed E-state index contributed by atoms with van der Waals surface area (Å²) in [5.41, 5.74) is 8.13. The summed E-state index contributed by atoms with van der Waals surface area (Å²) >= 11 is 6.13. The lowest BCUT2D eigenvalue weighted by molar-refractivity contribution is 0.462. The highest BCUT2D eigenvalue weighted by molar-refractivity contribution is 6.32. The minimum Gasteiger partial charge on any atom is -0.437 e. The van der Waals surface area contributed by atoms with Crippen LogP contribution in [-0.2, 0) is 6.42 Å². The molecule has 1 aromatic heterocycles. The lowest BCUT2D eigenvalue weighted by Gasteiger charge is -2.10. The van der Waals surface area contributed by atoms with Gasteiger partial charge in [-0.25, -0.2) is 4.98 Å². The van der Waals surface area contributed by atoms with Crippen LogP contribution in [0, 0.1) is 6.92 Å². The first-order valence-electron chi connectivity index (χ1n) is 6.73. The van der Waals surface area contributed by atoms with E-state index in [1.165, 1.54) is 0 Å². The summed E-state index contributed by atoms with van der Waals surface area (Å²) in [7, 11) is 0. The fraction of sp³-hybridized carbons (Fsp3) is 0.312. The molecule has 0 fully saturated rings. The van der Waals surface area contributed by atoms with Gasteiger partial charge in [0.1, 0.15) is 5.75 Å². The average molecular weight is 291 g/mol. The molecular weight excluding hydrogens is 272 g/mol. The molecule has 2 rings (SSSR count). The molecule has 0 aliphatic carbocycles. The maximum absolute atomic E-state index is 6.13. The second kappa shape index (κ2) is 6.73. The van der Waals surface area contributed by atoms with Gasteiger partial charge in [0.25, 0.3) is 0 Å². The summed E-state index contributed by atoms with van der Waals surface area (Å²) in [6.45, 7) is 4.06. The van der Waals surface area contributed by atoms with Gasteiger partial charge in [0.2, 0.25) is 5.88 Å². The lowest BCUT2D eigenvalue weighted by Crippen LogP contribution is -2.21. The van der Waals surface area contributed by atoms with Crippen LogP contribution < -0.4 is 10.5 Å². The van der Waals surface area contributed by atoms with Gasteiger partial charge in [0.15, 0.2) is 0 Å². The highest BCUT2D eigenvalue weighted by Gasteiger charge is 2.06. The molecule has 0 spiro atoms. The monoisotopic (exact) mass is 290 g/mol. The molecule has 0 aliphatic rings.